The molecule has 0 aliphatic rings. The maximum atomic E-state index is 9.51. The molecule has 1 N–H and O–H groups in total. The van der Waals surface area contributed by atoms with Gasteiger partial charge in [0.2, 0.25) is 0 Å². The first-order valence-corrected chi connectivity index (χ1v) is 6.22. The smallest absolute Gasteiger partial charge is 0.135 e. The van der Waals surface area contributed by atoms with E-state index in [1.807, 2.05) is 6.07 Å². The van der Waals surface area contributed by atoms with E-state index in [0.717, 1.165) is 5.56 Å². The molecule has 0 aromatic heterocycles. The van der Waals surface area contributed by atoms with Gasteiger partial charge in [0.05, 0.1) is 24.3 Å². The largest absolute Gasteiger partial charge is 0.506 e. The quantitative estimate of drug-likeness (QED) is 0.914. The number of rotatable bonds is 3. The SMILES string of the molecule is COc1ccc(-c2cc(Cl)c(O)cc2Cl)c(OC)c1. The molecular formula is C14H12Cl2O3. The van der Waals surface area contributed by atoms with Gasteiger partial charge < -0.3 is 14.6 Å². The van der Waals surface area contributed by atoms with Gasteiger partial charge in [-0.3, -0.25) is 0 Å². The summed E-state index contributed by atoms with van der Waals surface area (Å²) >= 11 is 12.0. The highest BCUT2D eigenvalue weighted by Crippen LogP contribution is 2.40. The zero-order valence-electron chi connectivity index (χ0n) is 10.4. The monoisotopic (exact) mass is 298 g/mol. The van der Waals surface area contributed by atoms with Gasteiger partial charge >= 0.3 is 0 Å². The molecule has 0 radical (unpaired) electrons. The first-order valence-electron chi connectivity index (χ1n) is 5.47. The fraction of sp³-hybridized carbons (Fsp3) is 0.143. The molecule has 0 bridgehead atoms. The van der Waals surface area contributed by atoms with E-state index in [1.165, 1.54) is 6.07 Å². The maximum absolute atomic E-state index is 9.51. The van der Waals surface area contributed by atoms with Crippen LogP contribution >= 0.6 is 23.2 Å². The summed E-state index contributed by atoms with van der Waals surface area (Å²) in [6.07, 6.45) is 0. The van der Waals surface area contributed by atoms with Crippen LogP contribution in [0.3, 0.4) is 0 Å². The summed E-state index contributed by atoms with van der Waals surface area (Å²) < 4.78 is 10.5. The van der Waals surface area contributed by atoms with E-state index in [4.69, 9.17) is 32.7 Å². The lowest BCUT2D eigenvalue weighted by Gasteiger charge is -2.12. The molecule has 0 heterocycles. The van der Waals surface area contributed by atoms with Gasteiger partial charge in [-0.25, -0.2) is 0 Å². The minimum atomic E-state index is -0.0529. The van der Waals surface area contributed by atoms with E-state index in [-0.39, 0.29) is 10.8 Å². The number of hydrogen-bond acceptors (Lipinski definition) is 3. The van der Waals surface area contributed by atoms with Gasteiger partial charge in [-0.2, -0.15) is 0 Å². The van der Waals surface area contributed by atoms with E-state index in [9.17, 15) is 5.11 Å². The molecule has 0 aliphatic heterocycles. The molecule has 0 spiro atoms. The number of phenolic OH excluding ortho intramolecular Hbond substituents is 1. The average molecular weight is 299 g/mol. The van der Waals surface area contributed by atoms with E-state index in [2.05, 4.69) is 0 Å². The third-order valence-corrected chi connectivity index (χ3v) is 3.35. The van der Waals surface area contributed by atoms with Crippen LogP contribution in [0.15, 0.2) is 30.3 Å². The predicted molar refractivity (Wildman–Crippen MR) is 76.7 cm³/mol. The lowest BCUT2D eigenvalue weighted by atomic mass is 10.0. The summed E-state index contributed by atoms with van der Waals surface area (Å²) in [6, 6.07) is 8.39. The van der Waals surface area contributed by atoms with Crippen LogP contribution in [0.5, 0.6) is 17.2 Å². The van der Waals surface area contributed by atoms with Crippen molar-refractivity contribution in [1.29, 1.82) is 0 Å². The Kier molecular flexibility index (Phi) is 4.08. The molecule has 0 amide bonds. The second-order valence-electron chi connectivity index (χ2n) is 3.85. The van der Waals surface area contributed by atoms with Gasteiger partial charge in [-0.05, 0) is 18.2 Å². The highest BCUT2D eigenvalue weighted by molar-refractivity contribution is 6.36. The topological polar surface area (TPSA) is 38.7 Å². The third kappa shape index (κ3) is 2.72. The Balaban J connectivity index is 2.61. The average Bonchev–Trinajstić information content (AvgIpc) is 2.42. The molecule has 3 nitrogen and oxygen atoms in total. The fourth-order valence-corrected chi connectivity index (χ4v) is 2.19. The summed E-state index contributed by atoms with van der Waals surface area (Å²) in [6.45, 7) is 0. The van der Waals surface area contributed by atoms with Crippen LogP contribution in [-0.4, -0.2) is 19.3 Å². The highest BCUT2D eigenvalue weighted by atomic mass is 35.5. The second-order valence-corrected chi connectivity index (χ2v) is 4.66. The van der Waals surface area contributed by atoms with E-state index in [0.29, 0.717) is 22.1 Å². The van der Waals surface area contributed by atoms with Crippen molar-refractivity contribution >= 4 is 23.2 Å². The van der Waals surface area contributed by atoms with Crippen molar-refractivity contribution in [1.82, 2.24) is 0 Å². The molecule has 2 aromatic rings. The van der Waals surface area contributed by atoms with Gasteiger partial charge in [0, 0.05) is 23.3 Å². The number of benzene rings is 2. The molecule has 19 heavy (non-hydrogen) atoms. The van der Waals surface area contributed by atoms with Crippen LogP contribution in [-0.2, 0) is 0 Å². The number of ether oxygens (including phenoxy) is 2. The molecule has 0 saturated heterocycles. The van der Waals surface area contributed by atoms with Crippen LogP contribution in [0.25, 0.3) is 11.1 Å². The Morgan fingerprint density at radius 1 is 0.895 bits per heavy atom. The van der Waals surface area contributed by atoms with Crippen molar-refractivity contribution in [2.24, 2.45) is 0 Å². The molecule has 0 unspecified atom stereocenters. The number of aromatic hydroxyl groups is 1. The van der Waals surface area contributed by atoms with E-state index in [1.54, 1.807) is 32.4 Å². The molecular weight excluding hydrogens is 287 g/mol. The Labute approximate surface area is 121 Å². The van der Waals surface area contributed by atoms with Gasteiger partial charge in [-0.1, -0.05) is 23.2 Å². The molecule has 2 rings (SSSR count). The van der Waals surface area contributed by atoms with Crippen molar-refractivity contribution in [2.45, 2.75) is 0 Å². The van der Waals surface area contributed by atoms with Crippen molar-refractivity contribution in [3.05, 3.63) is 40.4 Å². The maximum Gasteiger partial charge on any atom is 0.135 e. The van der Waals surface area contributed by atoms with Crippen LogP contribution in [0.1, 0.15) is 0 Å². The highest BCUT2D eigenvalue weighted by Gasteiger charge is 2.13. The van der Waals surface area contributed by atoms with Gasteiger partial charge in [0.25, 0.3) is 0 Å². The zero-order valence-corrected chi connectivity index (χ0v) is 11.9. The minimum Gasteiger partial charge on any atom is -0.506 e. The molecule has 100 valence electrons. The summed E-state index contributed by atoms with van der Waals surface area (Å²) in [5.41, 5.74) is 1.46. The van der Waals surface area contributed by atoms with Crippen LogP contribution < -0.4 is 9.47 Å². The number of phenols is 1. The summed E-state index contributed by atoms with van der Waals surface area (Å²) in [5.74, 6) is 1.24. The van der Waals surface area contributed by atoms with E-state index >= 15 is 0 Å². The summed E-state index contributed by atoms with van der Waals surface area (Å²) in [4.78, 5) is 0. The normalized spacial score (nSPS) is 10.3. The summed E-state index contributed by atoms with van der Waals surface area (Å²) in [7, 11) is 3.15. The Morgan fingerprint density at radius 2 is 1.63 bits per heavy atom. The zero-order chi connectivity index (χ0) is 14.0. The Bertz CT molecular complexity index is 612. The van der Waals surface area contributed by atoms with Crippen LogP contribution in [0, 0.1) is 0 Å². The van der Waals surface area contributed by atoms with Crippen LogP contribution in [0.4, 0.5) is 0 Å². The number of halogens is 2. The van der Waals surface area contributed by atoms with Crippen molar-refractivity contribution < 1.29 is 14.6 Å². The molecule has 2 aromatic carbocycles. The van der Waals surface area contributed by atoms with Gasteiger partial charge in [0.15, 0.2) is 0 Å². The second kappa shape index (κ2) is 5.59. The van der Waals surface area contributed by atoms with Crippen LogP contribution in [0.2, 0.25) is 10.0 Å². The van der Waals surface area contributed by atoms with Gasteiger partial charge in [-0.15, -0.1) is 0 Å². The standard InChI is InChI=1S/C14H12Cl2O3/c1-18-8-3-4-9(14(5-8)19-2)10-6-12(16)13(17)7-11(10)15/h3-7,17H,1-2H3. The minimum absolute atomic E-state index is 0.0529. The predicted octanol–water partition coefficient (Wildman–Crippen LogP) is 4.38. The molecule has 0 aliphatic carbocycles. The lowest BCUT2D eigenvalue weighted by molar-refractivity contribution is 0.395. The molecule has 5 heteroatoms. The molecule has 0 atom stereocenters. The van der Waals surface area contributed by atoms with E-state index < -0.39 is 0 Å². The first kappa shape index (κ1) is 13.8. The first-order chi connectivity index (χ1) is 9.06. The molecule has 0 fully saturated rings. The summed E-state index contributed by atoms with van der Waals surface area (Å²) in [5, 5.41) is 10.1. The fourth-order valence-electron chi connectivity index (χ4n) is 1.76. The Hall–Kier alpha value is -1.58. The number of hydrogen-bond donors (Lipinski definition) is 1. The number of methoxy groups -OCH3 is 2. The van der Waals surface area contributed by atoms with Gasteiger partial charge in [0.1, 0.15) is 17.2 Å². The van der Waals surface area contributed by atoms with Crippen molar-refractivity contribution in [3.8, 4) is 28.4 Å². The van der Waals surface area contributed by atoms with Crippen molar-refractivity contribution in [2.75, 3.05) is 14.2 Å². The lowest BCUT2D eigenvalue weighted by Crippen LogP contribution is -1.91. The van der Waals surface area contributed by atoms with Crippen molar-refractivity contribution in [3.63, 3.8) is 0 Å². The third-order valence-electron chi connectivity index (χ3n) is 2.74. The molecule has 0 saturated carbocycles. The Morgan fingerprint density at radius 3 is 2.26 bits per heavy atom.